The Morgan fingerprint density at radius 2 is 1.80 bits per heavy atom. The number of anilines is 2. The van der Waals surface area contributed by atoms with Crippen LogP contribution in [-0.2, 0) is 22.6 Å². The van der Waals surface area contributed by atoms with Gasteiger partial charge in [0.25, 0.3) is 0 Å². The molecule has 1 N–H and O–H groups in total. The molecular weight excluding hydrogens is 501 g/mol. The van der Waals surface area contributed by atoms with Gasteiger partial charge in [0.1, 0.15) is 4.71 Å². The Hall–Kier alpha value is -2.40. The van der Waals surface area contributed by atoms with Crippen molar-refractivity contribution in [2.24, 2.45) is 0 Å². The first-order valence-corrected chi connectivity index (χ1v) is 13.1. The summed E-state index contributed by atoms with van der Waals surface area (Å²) < 4.78 is 65.4. The van der Waals surface area contributed by atoms with Crippen molar-refractivity contribution in [3.8, 4) is 0 Å². The monoisotopic (exact) mass is 526 g/mol. The molecule has 0 bridgehead atoms. The molecule has 0 saturated carbocycles. The summed E-state index contributed by atoms with van der Waals surface area (Å²) in [6.45, 7) is 4.63. The zero-order chi connectivity index (χ0) is 25.4. The number of alkyl halides is 4. The summed E-state index contributed by atoms with van der Waals surface area (Å²) in [7, 11) is -1.69. The second kappa shape index (κ2) is 9.93. The molecule has 2 aromatic carbocycles. The highest BCUT2D eigenvalue weighted by Gasteiger charge is 2.34. The van der Waals surface area contributed by atoms with Gasteiger partial charge in [0.2, 0.25) is 0 Å². The molecule has 2 heterocycles. The van der Waals surface area contributed by atoms with Crippen molar-refractivity contribution in [3.05, 3.63) is 59.8 Å². The lowest BCUT2D eigenvalue weighted by Crippen LogP contribution is -2.44. The van der Waals surface area contributed by atoms with Gasteiger partial charge in [-0.2, -0.15) is 13.2 Å². The molecule has 1 saturated heterocycles. The number of benzene rings is 2. The van der Waals surface area contributed by atoms with E-state index in [1.54, 1.807) is 18.2 Å². The Kier molecular flexibility index (Phi) is 7.28. The molecule has 4 rings (SSSR count). The number of piperazine rings is 1. The number of halogens is 4. The van der Waals surface area contributed by atoms with E-state index >= 15 is 0 Å². The average molecular weight is 527 g/mol. The molecule has 3 aromatic rings. The molecule has 11 heteroatoms. The maximum atomic E-state index is 13.9. The Balaban J connectivity index is 1.64. The number of fused-ring (bicyclic) bond motifs is 1. The minimum Gasteiger partial charge on any atom is -0.354 e. The summed E-state index contributed by atoms with van der Waals surface area (Å²) in [5.41, 5.74) is 0.876. The van der Waals surface area contributed by atoms with E-state index in [4.69, 9.17) is 11.6 Å². The van der Waals surface area contributed by atoms with Gasteiger partial charge >= 0.3 is 6.18 Å². The SMILES string of the molecule is CC(Cl)S(=O)(=O)c1cccc(Nc2cnc3cc(CN4CCN(C)CC4)c(C(F)(F)F)cc3c2)c1. The first-order valence-electron chi connectivity index (χ1n) is 11.1. The lowest BCUT2D eigenvalue weighted by atomic mass is 10.0. The molecule has 1 aliphatic heterocycles. The van der Waals surface area contributed by atoms with Gasteiger partial charge in [-0.1, -0.05) is 6.07 Å². The second-order valence-electron chi connectivity index (χ2n) is 8.74. The van der Waals surface area contributed by atoms with Crippen molar-refractivity contribution in [1.29, 1.82) is 0 Å². The van der Waals surface area contributed by atoms with Crippen molar-refractivity contribution >= 4 is 43.7 Å². The van der Waals surface area contributed by atoms with Crippen LogP contribution in [0.2, 0.25) is 0 Å². The molecule has 1 aliphatic rings. The number of sulfone groups is 1. The number of pyridine rings is 1. The van der Waals surface area contributed by atoms with E-state index in [0.29, 0.717) is 35.4 Å². The third-order valence-electron chi connectivity index (χ3n) is 6.08. The first kappa shape index (κ1) is 25.7. The van der Waals surface area contributed by atoms with Crippen molar-refractivity contribution in [3.63, 3.8) is 0 Å². The quantitative estimate of drug-likeness (QED) is 0.451. The Labute approximate surface area is 207 Å². The molecule has 1 fully saturated rings. The van der Waals surface area contributed by atoms with E-state index in [2.05, 4.69) is 15.2 Å². The fourth-order valence-corrected chi connectivity index (χ4v) is 5.28. The fraction of sp³-hybridized carbons (Fsp3) is 0.375. The van der Waals surface area contributed by atoms with Crippen LogP contribution in [0.15, 0.2) is 53.6 Å². The molecule has 0 aliphatic carbocycles. The average Bonchev–Trinajstić information content (AvgIpc) is 2.79. The summed E-state index contributed by atoms with van der Waals surface area (Å²) in [6, 6.07) is 10.3. The molecule has 6 nitrogen and oxygen atoms in total. The summed E-state index contributed by atoms with van der Waals surface area (Å²) in [6.07, 6.45) is -2.99. The minimum absolute atomic E-state index is 0.0478. The van der Waals surface area contributed by atoms with Crippen LogP contribution in [-0.4, -0.2) is 61.1 Å². The first-order chi connectivity index (χ1) is 16.4. The Morgan fingerprint density at radius 3 is 2.46 bits per heavy atom. The van der Waals surface area contributed by atoms with Crippen LogP contribution in [0.5, 0.6) is 0 Å². The van der Waals surface area contributed by atoms with Crippen molar-refractivity contribution in [1.82, 2.24) is 14.8 Å². The largest absolute Gasteiger partial charge is 0.416 e. The molecule has 188 valence electrons. The molecule has 1 aromatic heterocycles. The predicted molar refractivity (Wildman–Crippen MR) is 132 cm³/mol. The zero-order valence-electron chi connectivity index (χ0n) is 19.3. The third kappa shape index (κ3) is 5.88. The zero-order valence-corrected chi connectivity index (χ0v) is 20.9. The van der Waals surface area contributed by atoms with E-state index in [9.17, 15) is 21.6 Å². The summed E-state index contributed by atoms with van der Waals surface area (Å²) in [4.78, 5) is 8.59. The van der Waals surface area contributed by atoms with Gasteiger partial charge in [-0.3, -0.25) is 9.88 Å². The standard InChI is InChI=1S/C24H26ClF3N4O2S/c1-16(25)35(33,34)21-5-3-4-19(13-21)30-20-10-17-11-22(24(26,27)28)18(12-23(17)29-14-20)15-32-8-6-31(2)7-9-32/h3-5,10-14,16,30H,6-9,15H2,1-2H3. The van der Waals surface area contributed by atoms with Crippen molar-refractivity contribution in [2.45, 2.75) is 29.2 Å². The summed E-state index contributed by atoms with van der Waals surface area (Å²) in [5.74, 6) is 0. The van der Waals surface area contributed by atoms with Gasteiger partial charge in [-0.05, 0) is 55.9 Å². The van der Waals surface area contributed by atoms with Crippen LogP contribution in [0, 0.1) is 0 Å². The number of aromatic nitrogens is 1. The van der Waals surface area contributed by atoms with Crippen LogP contribution in [0.4, 0.5) is 24.5 Å². The van der Waals surface area contributed by atoms with Crippen LogP contribution in [0.3, 0.4) is 0 Å². The smallest absolute Gasteiger partial charge is 0.354 e. The lowest BCUT2D eigenvalue weighted by Gasteiger charge is -2.33. The molecule has 35 heavy (non-hydrogen) atoms. The molecule has 0 spiro atoms. The van der Waals surface area contributed by atoms with Crippen LogP contribution in [0.1, 0.15) is 18.1 Å². The highest BCUT2D eigenvalue weighted by atomic mass is 35.5. The van der Waals surface area contributed by atoms with E-state index in [0.717, 1.165) is 19.2 Å². The van der Waals surface area contributed by atoms with E-state index in [-0.39, 0.29) is 17.0 Å². The van der Waals surface area contributed by atoms with E-state index in [1.807, 2.05) is 11.9 Å². The highest BCUT2D eigenvalue weighted by Crippen LogP contribution is 2.36. The van der Waals surface area contributed by atoms with Gasteiger partial charge in [-0.25, -0.2) is 8.42 Å². The van der Waals surface area contributed by atoms with Crippen LogP contribution >= 0.6 is 11.6 Å². The number of rotatable bonds is 6. The topological polar surface area (TPSA) is 65.5 Å². The maximum Gasteiger partial charge on any atom is 0.416 e. The molecule has 0 radical (unpaired) electrons. The van der Waals surface area contributed by atoms with Gasteiger partial charge in [0.05, 0.1) is 27.9 Å². The van der Waals surface area contributed by atoms with Crippen molar-refractivity contribution < 1.29 is 21.6 Å². The Bertz CT molecular complexity index is 1320. The number of nitrogens with one attached hydrogen (secondary N) is 1. The molecule has 0 amide bonds. The fourth-order valence-electron chi connectivity index (χ4n) is 4.03. The number of hydrogen-bond donors (Lipinski definition) is 1. The number of likely N-dealkylation sites (N-methyl/N-ethyl adjacent to an activating group) is 1. The van der Waals surface area contributed by atoms with Gasteiger partial charge in [0.15, 0.2) is 9.84 Å². The van der Waals surface area contributed by atoms with Crippen LogP contribution < -0.4 is 5.32 Å². The maximum absolute atomic E-state index is 13.9. The predicted octanol–water partition coefficient (Wildman–Crippen LogP) is 5.10. The third-order valence-corrected chi connectivity index (χ3v) is 8.55. The van der Waals surface area contributed by atoms with Crippen LogP contribution in [0.25, 0.3) is 10.9 Å². The second-order valence-corrected chi connectivity index (χ2v) is 11.9. The summed E-state index contributed by atoms with van der Waals surface area (Å²) in [5, 5.41) is 3.36. The number of hydrogen-bond acceptors (Lipinski definition) is 6. The lowest BCUT2D eigenvalue weighted by molar-refractivity contribution is -0.138. The van der Waals surface area contributed by atoms with E-state index in [1.165, 1.54) is 31.3 Å². The van der Waals surface area contributed by atoms with Gasteiger partial charge in [0, 0.05) is 43.8 Å². The van der Waals surface area contributed by atoms with E-state index < -0.39 is 26.3 Å². The molecule has 1 unspecified atom stereocenters. The molecule has 1 atom stereocenters. The molecular formula is C24H26ClF3N4O2S. The van der Waals surface area contributed by atoms with Crippen molar-refractivity contribution in [2.75, 3.05) is 38.5 Å². The highest BCUT2D eigenvalue weighted by molar-refractivity contribution is 7.93. The summed E-state index contributed by atoms with van der Waals surface area (Å²) >= 11 is 5.80. The Morgan fingerprint density at radius 1 is 1.09 bits per heavy atom. The van der Waals surface area contributed by atoms with Gasteiger partial charge in [-0.15, -0.1) is 11.6 Å². The van der Waals surface area contributed by atoms with Gasteiger partial charge < -0.3 is 10.2 Å². The minimum atomic E-state index is -4.50. The normalized spacial score (nSPS) is 17.0. The number of nitrogens with zero attached hydrogens (tertiary/aromatic N) is 3.